The molecule has 3 aromatic heterocycles. The second kappa shape index (κ2) is 5.87. The van der Waals surface area contributed by atoms with Gasteiger partial charge in [-0.05, 0) is 26.0 Å². The second-order valence-corrected chi connectivity index (χ2v) is 6.36. The third kappa shape index (κ3) is 2.63. The number of furan rings is 1. The highest BCUT2D eigenvalue weighted by Gasteiger charge is 2.21. The van der Waals surface area contributed by atoms with E-state index in [2.05, 4.69) is 45.3 Å². The topological polar surface area (TPSA) is 60.0 Å². The van der Waals surface area contributed by atoms with E-state index in [1.54, 1.807) is 6.26 Å². The molecule has 3 aromatic rings. The highest BCUT2D eigenvalue weighted by atomic mass is 16.3. The first-order valence-electron chi connectivity index (χ1n) is 8.21. The molecule has 0 saturated carbocycles. The minimum Gasteiger partial charge on any atom is -0.461 e. The van der Waals surface area contributed by atoms with Crippen molar-refractivity contribution in [3.05, 3.63) is 53.1 Å². The van der Waals surface area contributed by atoms with Crippen LogP contribution in [0.3, 0.4) is 0 Å². The van der Waals surface area contributed by atoms with Crippen molar-refractivity contribution in [2.24, 2.45) is 7.05 Å². The van der Waals surface area contributed by atoms with E-state index in [1.165, 1.54) is 11.3 Å². The van der Waals surface area contributed by atoms with Gasteiger partial charge in [0.2, 0.25) is 0 Å². The van der Waals surface area contributed by atoms with Gasteiger partial charge >= 0.3 is 0 Å². The van der Waals surface area contributed by atoms with Crippen molar-refractivity contribution in [1.29, 1.82) is 0 Å². The summed E-state index contributed by atoms with van der Waals surface area (Å²) in [6.45, 7) is 6.87. The highest BCUT2D eigenvalue weighted by Crippen LogP contribution is 2.22. The minimum atomic E-state index is 0.669. The van der Waals surface area contributed by atoms with E-state index in [0.717, 1.165) is 49.0 Å². The Morgan fingerprint density at radius 1 is 1.25 bits per heavy atom. The lowest BCUT2D eigenvalue weighted by molar-refractivity contribution is 0.234. The zero-order chi connectivity index (χ0) is 16.7. The van der Waals surface area contributed by atoms with Crippen LogP contribution in [0, 0.1) is 13.8 Å². The van der Waals surface area contributed by atoms with Crippen LogP contribution in [0.4, 0.5) is 0 Å². The van der Waals surface area contributed by atoms with Gasteiger partial charge in [-0.25, -0.2) is 15.0 Å². The van der Waals surface area contributed by atoms with Crippen LogP contribution < -0.4 is 0 Å². The van der Waals surface area contributed by atoms with Gasteiger partial charge in [0.05, 0.1) is 24.2 Å². The molecule has 4 rings (SSSR count). The molecule has 0 saturated heterocycles. The van der Waals surface area contributed by atoms with Crippen molar-refractivity contribution >= 4 is 0 Å². The number of aryl methyl sites for hydroxylation is 1. The Morgan fingerprint density at radius 2 is 2.12 bits per heavy atom. The third-order valence-electron chi connectivity index (χ3n) is 4.83. The SMILES string of the molecule is Cc1nc(CN2CCc3nc(-c4ccco4)ncc3C2)n(C)c1C. The summed E-state index contributed by atoms with van der Waals surface area (Å²) < 4.78 is 7.57. The van der Waals surface area contributed by atoms with Gasteiger partial charge in [-0.2, -0.15) is 0 Å². The molecule has 0 radical (unpaired) electrons. The van der Waals surface area contributed by atoms with E-state index < -0.39 is 0 Å². The Hall–Kier alpha value is -2.47. The Kier molecular flexibility index (Phi) is 3.69. The van der Waals surface area contributed by atoms with Crippen LogP contribution in [-0.4, -0.2) is 31.0 Å². The van der Waals surface area contributed by atoms with Gasteiger partial charge in [0.15, 0.2) is 11.6 Å². The van der Waals surface area contributed by atoms with Crippen molar-refractivity contribution < 1.29 is 4.42 Å². The lowest BCUT2D eigenvalue weighted by Crippen LogP contribution is -2.31. The fraction of sp³-hybridized carbons (Fsp3) is 0.389. The Labute approximate surface area is 141 Å². The van der Waals surface area contributed by atoms with Crippen molar-refractivity contribution in [3.8, 4) is 11.6 Å². The summed E-state index contributed by atoms with van der Waals surface area (Å²) in [6, 6.07) is 3.75. The quantitative estimate of drug-likeness (QED) is 0.741. The van der Waals surface area contributed by atoms with Crippen molar-refractivity contribution in [2.45, 2.75) is 33.4 Å². The number of hydrogen-bond acceptors (Lipinski definition) is 5. The molecule has 1 aliphatic heterocycles. The van der Waals surface area contributed by atoms with Crippen LogP contribution in [0.1, 0.15) is 28.5 Å². The van der Waals surface area contributed by atoms with E-state index in [-0.39, 0.29) is 0 Å². The maximum atomic E-state index is 5.39. The zero-order valence-corrected chi connectivity index (χ0v) is 14.3. The van der Waals surface area contributed by atoms with Gasteiger partial charge in [0, 0.05) is 44.0 Å². The lowest BCUT2D eigenvalue weighted by Gasteiger charge is -2.27. The molecule has 0 fully saturated rings. The molecule has 0 N–H and O–H groups in total. The van der Waals surface area contributed by atoms with Gasteiger partial charge in [-0.3, -0.25) is 4.90 Å². The van der Waals surface area contributed by atoms with Gasteiger partial charge in [-0.1, -0.05) is 0 Å². The van der Waals surface area contributed by atoms with Crippen LogP contribution in [0.2, 0.25) is 0 Å². The molecule has 124 valence electrons. The maximum Gasteiger partial charge on any atom is 0.195 e. The summed E-state index contributed by atoms with van der Waals surface area (Å²) in [7, 11) is 2.08. The van der Waals surface area contributed by atoms with Gasteiger partial charge in [0.1, 0.15) is 5.82 Å². The van der Waals surface area contributed by atoms with E-state index in [4.69, 9.17) is 4.42 Å². The highest BCUT2D eigenvalue weighted by molar-refractivity contribution is 5.46. The third-order valence-corrected chi connectivity index (χ3v) is 4.83. The molecule has 0 spiro atoms. The molecule has 6 nitrogen and oxygen atoms in total. The van der Waals surface area contributed by atoms with Gasteiger partial charge < -0.3 is 8.98 Å². The predicted octanol–water partition coefficient (Wildman–Crippen LogP) is 2.65. The van der Waals surface area contributed by atoms with E-state index in [9.17, 15) is 0 Å². The standard InChI is InChI=1S/C18H21N5O/c1-12-13(2)22(3)17(20-12)11-23-7-6-15-14(10-23)9-19-18(21-15)16-5-4-8-24-16/h4-5,8-9H,6-7,10-11H2,1-3H3. The van der Waals surface area contributed by atoms with Gasteiger partial charge in [-0.15, -0.1) is 0 Å². The van der Waals surface area contributed by atoms with E-state index in [0.29, 0.717) is 5.82 Å². The van der Waals surface area contributed by atoms with Crippen LogP contribution >= 0.6 is 0 Å². The number of hydrogen-bond donors (Lipinski definition) is 0. The Morgan fingerprint density at radius 3 is 2.83 bits per heavy atom. The number of imidazole rings is 1. The van der Waals surface area contributed by atoms with Crippen LogP contribution in [-0.2, 0) is 26.6 Å². The van der Waals surface area contributed by atoms with Crippen molar-refractivity contribution in [2.75, 3.05) is 6.54 Å². The fourth-order valence-corrected chi connectivity index (χ4v) is 3.16. The first-order valence-corrected chi connectivity index (χ1v) is 8.21. The summed E-state index contributed by atoms with van der Waals surface area (Å²) in [4.78, 5) is 16.2. The summed E-state index contributed by atoms with van der Waals surface area (Å²) in [5.74, 6) is 2.50. The summed E-state index contributed by atoms with van der Waals surface area (Å²) in [6.07, 6.45) is 4.51. The van der Waals surface area contributed by atoms with Crippen molar-refractivity contribution in [1.82, 2.24) is 24.4 Å². The normalized spacial score (nSPS) is 14.8. The van der Waals surface area contributed by atoms with Gasteiger partial charge in [0.25, 0.3) is 0 Å². The minimum absolute atomic E-state index is 0.669. The molecule has 0 aliphatic carbocycles. The predicted molar refractivity (Wildman–Crippen MR) is 90.2 cm³/mol. The molecular weight excluding hydrogens is 302 g/mol. The van der Waals surface area contributed by atoms with E-state index >= 15 is 0 Å². The number of nitrogens with zero attached hydrogens (tertiary/aromatic N) is 5. The zero-order valence-electron chi connectivity index (χ0n) is 14.3. The van der Waals surface area contributed by atoms with Crippen LogP contribution in [0.5, 0.6) is 0 Å². The molecule has 0 aromatic carbocycles. The average Bonchev–Trinajstić information content (AvgIpc) is 3.20. The number of fused-ring (bicyclic) bond motifs is 1. The number of aromatic nitrogens is 4. The molecule has 4 heterocycles. The molecule has 0 unspecified atom stereocenters. The van der Waals surface area contributed by atoms with Crippen LogP contribution in [0.15, 0.2) is 29.0 Å². The average molecular weight is 323 g/mol. The first kappa shape index (κ1) is 15.1. The summed E-state index contributed by atoms with van der Waals surface area (Å²) >= 11 is 0. The second-order valence-electron chi connectivity index (χ2n) is 6.36. The molecular formula is C18H21N5O. The molecule has 1 aliphatic rings. The molecule has 0 atom stereocenters. The largest absolute Gasteiger partial charge is 0.461 e. The Balaban J connectivity index is 1.53. The summed E-state index contributed by atoms with van der Waals surface area (Å²) in [5, 5.41) is 0. The van der Waals surface area contributed by atoms with E-state index in [1.807, 2.05) is 18.3 Å². The smallest absolute Gasteiger partial charge is 0.195 e. The lowest BCUT2D eigenvalue weighted by atomic mass is 10.1. The molecule has 24 heavy (non-hydrogen) atoms. The van der Waals surface area contributed by atoms with Crippen LogP contribution in [0.25, 0.3) is 11.6 Å². The molecule has 0 bridgehead atoms. The van der Waals surface area contributed by atoms with Crippen molar-refractivity contribution in [3.63, 3.8) is 0 Å². The monoisotopic (exact) mass is 323 g/mol. The summed E-state index contributed by atoms with van der Waals surface area (Å²) in [5.41, 5.74) is 4.66. The maximum absolute atomic E-state index is 5.39. The molecule has 6 heteroatoms. The molecule has 0 amide bonds. The first-order chi connectivity index (χ1) is 11.6. The Bertz CT molecular complexity index is 866. The number of rotatable bonds is 3. The fourth-order valence-electron chi connectivity index (χ4n) is 3.16.